The standard InChI is InChI=1S/C21H13ClN4/c22-16-10-8-14(9-11-16)18-13-19(15-5-2-1-3-6-15)26-21(24-18)17-7-4-12-23-20(17)25-26/h1-13H. The maximum absolute atomic E-state index is 6.04. The van der Waals surface area contributed by atoms with Crippen LogP contribution in [-0.2, 0) is 0 Å². The Hall–Kier alpha value is -3.24. The number of pyridine rings is 1. The molecule has 0 radical (unpaired) electrons. The fraction of sp³-hybridized carbons (Fsp3) is 0. The molecular formula is C21H13ClN4. The molecule has 0 aliphatic heterocycles. The van der Waals surface area contributed by atoms with E-state index in [0.717, 1.165) is 33.5 Å². The summed E-state index contributed by atoms with van der Waals surface area (Å²) in [6, 6.07) is 23.8. The van der Waals surface area contributed by atoms with Crippen LogP contribution in [0.1, 0.15) is 0 Å². The number of hydrogen-bond acceptors (Lipinski definition) is 3. The Morgan fingerprint density at radius 2 is 1.62 bits per heavy atom. The van der Waals surface area contributed by atoms with E-state index in [-0.39, 0.29) is 0 Å². The second-order valence-electron chi connectivity index (χ2n) is 6.01. The van der Waals surface area contributed by atoms with Gasteiger partial charge in [-0.05, 0) is 30.3 Å². The van der Waals surface area contributed by atoms with Gasteiger partial charge in [-0.1, -0.05) is 54.1 Å². The molecule has 0 spiro atoms. The van der Waals surface area contributed by atoms with Crippen LogP contribution >= 0.6 is 11.6 Å². The molecule has 0 bridgehead atoms. The van der Waals surface area contributed by atoms with Gasteiger partial charge in [0.05, 0.1) is 16.8 Å². The van der Waals surface area contributed by atoms with Crippen molar-refractivity contribution in [2.45, 2.75) is 0 Å². The van der Waals surface area contributed by atoms with E-state index in [0.29, 0.717) is 10.7 Å². The number of nitrogens with zero attached hydrogens (tertiary/aromatic N) is 4. The lowest BCUT2D eigenvalue weighted by Gasteiger charge is -2.09. The predicted octanol–water partition coefficient (Wildman–Crippen LogP) is 5.26. The zero-order valence-electron chi connectivity index (χ0n) is 13.7. The third-order valence-corrected chi connectivity index (χ3v) is 4.61. The van der Waals surface area contributed by atoms with Crippen LogP contribution in [0.2, 0.25) is 5.02 Å². The fourth-order valence-corrected chi connectivity index (χ4v) is 3.23. The molecule has 0 amide bonds. The Balaban J connectivity index is 1.87. The van der Waals surface area contributed by atoms with Gasteiger partial charge in [0.15, 0.2) is 11.3 Å². The second kappa shape index (κ2) is 5.93. The highest BCUT2D eigenvalue weighted by Gasteiger charge is 2.14. The van der Waals surface area contributed by atoms with Gasteiger partial charge >= 0.3 is 0 Å². The minimum absolute atomic E-state index is 0.686. The first-order valence-corrected chi connectivity index (χ1v) is 8.63. The number of aromatic nitrogens is 4. The van der Waals surface area contributed by atoms with Gasteiger partial charge in [-0.25, -0.2) is 14.5 Å². The van der Waals surface area contributed by atoms with Crippen LogP contribution < -0.4 is 0 Å². The molecule has 0 aliphatic rings. The number of rotatable bonds is 2. The molecule has 4 nitrogen and oxygen atoms in total. The number of fused-ring (bicyclic) bond motifs is 3. The summed E-state index contributed by atoms with van der Waals surface area (Å²) in [5, 5.41) is 6.30. The SMILES string of the molecule is Clc1ccc(-c2cc(-c3ccccc3)n3nc4ncccc4c3n2)cc1. The average molecular weight is 357 g/mol. The van der Waals surface area contributed by atoms with Crippen molar-refractivity contribution in [1.82, 2.24) is 19.6 Å². The third kappa shape index (κ3) is 2.43. The first-order valence-electron chi connectivity index (χ1n) is 8.25. The molecular weight excluding hydrogens is 344 g/mol. The molecule has 3 aromatic heterocycles. The van der Waals surface area contributed by atoms with Crippen LogP contribution in [0.5, 0.6) is 0 Å². The first-order chi connectivity index (χ1) is 12.8. The molecule has 0 saturated carbocycles. The molecule has 124 valence electrons. The lowest BCUT2D eigenvalue weighted by Crippen LogP contribution is -1.98. The molecule has 0 unspecified atom stereocenters. The highest BCUT2D eigenvalue weighted by molar-refractivity contribution is 6.30. The quantitative estimate of drug-likeness (QED) is 0.433. The van der Waals surface area contributed by atoms with Gasteiger partial charge in [-0.3, -0.25) is 0 Å². The predicted molar refractivity (Wildman–Crippen MR) is 104 cm³/mol. The van der Waals surface area contributed by atoms with Crippen LogP contribution in [0.25, 0.3) is 39.2 Å². The summed E-state index contributed by atoms with van der Waals surface area (Å²) in [5.41, 5.74) is 5.40. The zero-order valence-corrected chi connectivity index (χ0v) is 14.4. The Bertz CT molecular complexity index is 1230. The second-order valence-corrected chi connectivity index (χ2v) is 6.45. The van der Waals surface area contributed by atoms with Crippen molar-refractivity contribution < 1.29 is 0 Å². The molecule has 5 heteroatoms. The van der Waals surface area contributed by atoms with Gasteiger partial charge in [-0.15, -0.1) is 5.10 Å². The van der Waals surface area contributed by atoms with Crippen molar-refractivity contribution in [3.05, 3.63) is 84.0 Å². The van der Waals surface area contributed by atoms with E-state index >= 15 is 0 Å². The Kier molecular flexibility index (Phi) is 3.43. The van der Waals surface area contributed by atoms with Crippen LogP contribution in [0.3, 0.4) is 0 Å². The van der Waals surface area contributed by atoms with Gasteiger partial charge in [0.1, 0.15) is 0 Å². The molecule has 5 rings (SSSR count). The van der Waals surface area contributed by atoms with E-state index in [1.165, 1.54) is 0 Å². The summed E-state index contributed by atoms with van der Waals surface area (Å²) in [4.78, 5) is 9.24. The molecule has 0 aliphatic carbocycles. The van der Waals surface area contributed by atoms with Crippen molar-refractivity contribution in [1.29, 1.82) is 0 Å². The fourth-order valence-electron chi connectivity index (χ4n) is 3.10. The molecule has 0 fully saturated rings. The summed E-state index contributed by atoms with van der Waals surface area (Å²) < 4.78 is 1.87. The van der Waals surface area contributed by atoms with E-state index in [9.17, 15) is 0 Å². The van der Waals surface area contributed by atoms with E-state index in [4.69, 9.17) is 16.6 Å². The van der Waals surface area contributed by atoms with Crippen LogP contribution in [0, 0.1) is 0 Å². The highest BCUT2D eigenvalue weighted by atomic mass is 35.5. The number of halogens is 1. The van der Waals surface area contributed by atoms with Crippen molar-refractivity contribution in [2.75, 3.05) is 0 Å². The molecule has 0 atom stereocenters. The maximum atomic E-state index is 6.04. The molecule has 2 aromatic carbocycles. The lowest BCUT2D eigenvalue weighted by molar-refractivity contribution is 0.958. The van der Waals surface area contributed by atoms with Crippen LogP contribution in [0.15, 0.2) is 79.0 Å². The molecule has 5 aromatic rings. The Morgan fingerprint density at radius 3 is 2.42 bits per heavy atom. The van der Waals surface area contributed by atoms with Gasteiger partial charge < -0.3 is 0 Å². The van der Waals surface area contributed by atoms with E-state index in [1.807, 2.05) is 59.1 Å². The molecule has 3 heterocycles. The van der Waals surface area contributed by atoms with Gasteiger partial charge in [0.2, 0.25) is 0 Å². The zero-order chi connectivity index (χ0) is 17.5. The number of benzene rings is 2. The van der Waals surface area contributed by atoms with Crippen molar-refractivity contribution in [3.8, 4) is 22.5 Å². The third-order valence-electron chi connectivity index (χ3n) is 4.36. The van der Waals surface area contributed by atoms with Crippen LogP contribution in [0.4, 0.5) is 0 Å². The van der Waals surface area contributed by atoms with Gasteiger partial charge in [0.25, 0.3) is 0 Å². The topological polar surface area (TPSA) is 43.1 Å². The smallest absolute Gasteiger partial charge is 0.183 e. The minimum Gasteiger partial charge on any atom is -0.235 e. The normalized spacial score (nSPS) is 11.3. The Labute approximate surface area is 154 Å². The summed E-state index contributed by atoms with van der Waals surface area (Å²) in [5.74, 6) is 0. The maximum Gasteiger partial charge on any atom is 0.183 e. The summed E-state index contributed by atoms with van der Waals surface area (Å²) in [7, 11) is 0. The highest BCUT2D eigenvalue weighted by Crippen LogP contribution is 2.29. The van der Waals surface area contributed by atoms with Crippen LogP contribution in [-0.4, -0.2) is 19.6 Å². The average Bonchev–Trinajstić information content (AvgIpc) is 3.07. The molecule has 0 N–H and O–H groups in total. The Morgan fingerprint density at radius 1 is 0.808 bits per heavy atom. The summed E-state index contributed by atoms with van der Waals surface area (Å²) in [6.45, 7) is 0. The van der Waals surface area contributed by atoms with Crippen molar-refractivity contribution >= 4 is 28.3 Å². The van der Waals surface area contributed by atoms with E-state index < -0.39 is 0 Å². The largest absolute Gasteiger partial charge is 0.235 e. The summed E-state index contributed by atoms with van der Waals surface area (Å²) in [6.07, 6.45) is 1.75. The van der Waals surface area contributed by atoms with Gasteiger partial charge in [0, 0.05) is 22.3 Å². The first kappa shape index (κ1) is 15.0. The minimum atomic E-state index is 0.686. The molecule has 26 heavy (non-hydrogen) atoms. The monoisotopic (exact) mass is 356 g/mol. The van der Waals surface area contributed by atoms with Crippen molar-refractivity contribution in [3.63, 3.8) is 0 Å². The van der Waals surface area contributed by atoms with Gasteiger partial charge in [-0.2, -0.15) is 0 Å². The van der Waals surface area contributed by atoms with E-state index in [2.05, 4.69) is 28.3 Å². The van der Waals surface area contributed by atoms with Crippen molar-refractivity contribution in [2.24, 2.45) is 0 Å². The number of hydrogen-bond donors (Lipinski definition) is 0. The molecule has 0 saturated heterocycles. The van der Waals surface area contributed by atoms with E-state index in [1.54, 1.807) is 6.20 Å². The summed E-state index contributed by atoms with van der Waals surface area (Å²) >= 11 is 6.04. The lowest BCUT2D eigenvalue weighted by atomic mass is 10.1.